The minimum absolute atomic E-state index is 0.156. The summed E-state index contributed by atoms with van der Waals surface area (Å²) >= 11 is 0. The fourth-order valence-electron chi connectivity index (χ4n) is 1.79. The number of hydrogen-bond acceptors (Lipinski definition) is 3. The molecule has 0 aromatic heterocycles. The summed E-state index contributed by atoms with van der Waals surface area (Å²) in [6.07, 6.45) is 4.08. The molecule has 0 spiro atoms. The van der Waals surface area contributed by atoms with Crippen molar-refractivity contribution in [2.24, 2.45) is 0 Å². The highest BCUT2D eigenvalue weighted by atomic mass is 16.2. The minimum atomic E-state index is -0.275. The first-order valence-electron chi connectivity index (χ1n) is 7.36. The lowest BCUT2D eigenvalue weighted by Crippen LogP contribution is -2.47. The van der Waals surface area contributed by atoms with Crippen LogP contribution < -0.4 is 5.43 Å². The fraction of sp³-hybridized carbons (Fsp3) is 0.500. The standard InChI is InChI=1S/C16H24N2O2/c1-3-5-12-15(19)18(17-13-6-4-2)16(20)14-10-8-7-9-11-14/h7-11,17H,3-6,12-13H2,1-2H3. The Morgan fingerprint density at radius 3 is 2.30 bits per heavy atom. The Morgan fingerprint density at radius 1 is 1.05 bits per heavy atom. The van der Waals surface area contributed by atoms with Crippen LogP contribution in [0.2, 0.25) is 0 Å². The number of carbonyl (C=O) groups is 2. The Kier molecular flexibility index (Phi) is 7.58. The first-order chi connectivity index (χ1) is 9.70. The molecule has 0 atom stereocenters. The van der Waals surface area contributed by atoms with Gasteiger partial charge in [-0.15, -0.1) is 0 Å². The lowest BCUT2D eigenvalue weighted by molar-refractivity contribution is -0.131. The summed E-state index contributed by atoms with van der Waals surface area (Å²) in [5, 5.41) is 1.18. The molecule has 4 heteroatoms. The molecule has 20 heavy (non-hydrogen) atoms. The average molecular weight is 276 g/mol. The van der Waals surface area contributed by atoms with Gasteiger partial charge < -0.3 is 0 Å². The molecule has 1 aromatic carbocycles. The van der Waals surface area contributed by atoms with Gasteiger partial charge in [0.1, 0.15) is 0 Å². The first kappa shape index (κ1) is 16.4. The number of rotatable bonds is 8. The van der Waals surface area contributed by atoms with Gasteiger partial charge in [0, 0.05) is 18.5 Å². The third-order valence-electron chi connectivity index (χ3n) is 3.02. The highest BCUT2D eigenvalue weighted by Gasteiger charge is 2.21. The summed E-state index contributed by atoms with van der Waals surface area (Å²) in [6.45, 7) is 4.73. The summed E-state index contributed by atoms with van der Waals surface area (Å²) in [5.41, 5.74) is 3.49. The van der Waals surface area contributed by atoms with E-state index in [0.717, 1.165) is 25.7 Å². The van der Waals surface area contributed by atoms with Crippen LogP contribution in [0.15, 0.2) is 30.3 Å². The van der Waals surface area contributed by atoms with Crippen molar-refractivity contribution in [1.29, 1.82) is 0 Å². The molecular formula is C16H24N2O2. The van der Waals surface area contributed by atoms with Crippen molar-refractivity contribution < 1.29 is 9.59 Å². The Labute approximate surface area is 121 Å². The summed E-state index contributed by atoms with van der Waals surface area (Å²) in [6, 6.07) is 8.90. The number of benzene rings is 1. The third-order valence-corrected chi connectivity index (χ3v) is 3.02. The molecule has 110 valence electrons. The molecular weight excluding hydrogens is 252 g/mol. The van der Waals surface area contributed by atoms with Gasteiger partial charge in [0.25, 0.3) is 5.91 Å². The van der Waals surface area contributed by atoms with Gasteiger partial charge in [-0.05, 0) is 25.0 Å². The zero-order valence-corrected chi connectivity index (χ0v) is 12.4. The maximum atomic E-state index is 12.4. The quantitative estimate of drug-likeness (QED) is 0.586. The van der Waals surface area contributed by atoms with Crippen LogP contribution in [0.3, 0.4) is 0 Å². The summed E-state index contributed by atoms with van der Waals surface area (Å²) in [5.74, 6) is -0.431. The van der Waals surface area contributed by atoms with E-state index < -0.39 is 0 Å². The number of hydrazine groups is 1. The van der Waals surface area contributed by atoms with Crippen LogP contribution in [-0.4, -0.2) is 23.4 Å². The van der Waals surface area contributed by atoms with Gasteiger partial charge in [-0.2, -0.15) is 0 Å². The number of nitrogens with one attached hydrogen (secondary N) is 1. The van der Waals surface area contributed by atoms with Crippen molar-refractivity contribution >= 4 is 11.8 Å². The number of amides is 2. The third kappa shape index (κ3) is 5.13. The van der Waals surface area contributed by atoms with Crippen LogP contribution in [0, 0.1) is 0 Å². The first-order valence-corrected chi connectivity index (χ1v) is 7.36. The SMILES string of the molecule is CCCCNN(C(=O)CCCC)C(=O)c1ccccc1. The van der Waals surface area contributed by atoms with Gasteiger partial charge in [0.15, 0.2) is 0 Å². The van der Waals surface area contributed by atoms with Crippen LogP contribution in [-0.2, 0) is 4.79 Å². The second-order valence-corrected chi connectivity index (χ2v) is 4.77. The molecule has 4 nitrogen and oxygen atoms in total. The molecule has 0 aliphatic carbocycles. The molecule has 0 aliphatic heterocycles. The predicted octanol–water partition coefficient (Wildman–Crippen LogP) is 3.15. The number of unbranched alkanes of at least 4 members (excludes halogenated alkanes) is 2. The lowest BCUT2D eigenvalue weighted by atomic mass is 10.2. The molecule has 0 heterocycles. The van der Waals surface area contributed by atoms with Gasteiger partial charge in [0.2, 0.25) is 5.91 Å². The molecule has 0 saturated carbocycles. The van der Waals surface area contributed by atoms with Gasteiger partial charge >= 0.3 is 0 Å². The monoisotopic (exact) mass is 276 g/mol. The van der Waals surface area contributed by atoms with E-state index in [1.807, 2.05) is 13.0 Å². The zero-order chi connectivity index (χ0) is 14.8. The molecule has 1 aromatic rings. The average Bonchev–Trinajstić information content (AvgIpc) is 2.49. The topological polar surface area (TPSA) is 49.4 Å². The van der Waals surface area contributed by atoms with E-state index in [-0.39, 0.29) is 11.8 Å². The number of nitrogens with zero attached hydrogens (tertiary/aromatic N) is 1. The van der Waals surface area contributed by atoms with Gasteiger partial charge in [0.05, 0.1) is 0 Å². The second-order valence-electron chi connectivity index (χ2n) is 4.77. The van der Waals surface area contributed by atoms with Crippen LogP contribution in [0.25, 0.3) is 0 Å². The number of imide groups is 1. The molecule has 0 radical (unpaired) electrons. The fourth-order valence-corrected chi connectivity index (χ4v) is 1.79. The van der Waals surface area contributed by atoms with Crippen LogP contribution in [0.1, 0.15) is 56.3 Å². The van der Waals surface area contributed by atoms with E-state index in [9.17, 15) is 9.59 Å². The van der Waals surface area contributed by atoms with Gasteiger partial charge in [-0.25, -0.2) is 10.4 Å². The molecule has 0 unspecified atom stereocenters. The summed E-state index contributed by atoms with van der Waals surface area (Å²) < 4.78 is 0. The van der Waals surface area contributed by atoms with Crippen LogP contribution >= 0.6 is 0 Å². The van der Waals surface area contributed by atoms with Crippen molar-refractivity contribution in [3.63, 3.8) is 0 Å². The highest BCUT2D eigenvalue weighted by molar-refractivity contribution is 6.04. The van der Waals surface area contributed by atoms with E-state index in [1.54, 1.807) is 24.3 Å². The Balaban J connectivity index is 2.75. The van der Waals surface area contributed by atoms with Crippen molar-refractivity contribution in [2.45, 2.75) is 46.0 Å². The minimum Gasteiger partial charge on any atom is -0.273 e. The van der Waals surface area contributed by atoms with E-state index in [1.165, 1.54) is 5.01 Å². The van der Waals surface area contributed by atoms with Gasteiger partial charge in [-0.1, -0.05) is 44.9 Å². The van der Waals surface area contributed by atoms with E-state index in [2.05, 4.69) is 12.3 Å². The molecule has 2 amide bonds. The molecule has 0 aliphatic rings. The van der Waals surface area contributed by atoms with E-state index >= 15 is 0 Å². The van der Waals surface area contributed by atoms with Crippen LogP contribution in [0.4, 0.5) is 0 Å². The lowest BCUT2D eigenvalue weighted by Gasteiger charge is -2.21. The normalized spacial score (nSPS) is 10.3. The smallest absolute Gasteiger partial charge is 0.273 e. The maximum Gasteiger partial charge on any atom is 0.275 e. The molecule has 1 N–H and O–H groups in total. The molecule has 0 saturated heterocycles. The molecule has 1 rings (SSSR count). The van der Waals surface area contributed by atoms with Crippen molar-refractivity contribution in [1.82, 2.24) is 10.4 Å². The second kappa shape index (κ2) is 9.26. The van der Waals surface area contributed by atoms with Crippen molar-refractivity contribution in [3.05, 3.63) is 35.9 Å². The van der Waals surface area contributed by atoms with Crippen molar-refractivity contribution in [3.8, 4) is 0 Å². The molecule has 0 fully saturated rings. The van der Waals surface area contributed by atoms with E-state index in [4.69, 9.17) is 0 Å². The summed E-state index contributed by atoms with van der Waals surface area (Å²) in [4.78, 5) is 24.5. The highest BCUT2D eigenvalue weighted by Crippen LogP contribution is 2.06. The molecule has 0 bridgehead atoms. The predicted molar refractivity (Wildman–Crippen MR) is 80.1 cm³/mol. The zero-order valence-electron chi connectivity index (χ0n) is 12.4. The Bertz CT molecular complexity index is 418. The van der Waals surface area contributed by atoms with E-state index in [0.29, 0.717) is 18.5 Å². The Hall–Kier alpha value is -1.68. The van der Waals surface area contributed by atoms with Crippen LogP contribution in [0.5, 0.6) is 0 Å². The summed E-state index contributed by atoms with van der Waals surface area (Å²) in [7, 11) is 0. The number of carbonyl (C=O) groups excluding carboxylic acids is 2. The van der Waals surface area contributed by atoms with Gasteiger partial charge in [-0.3, -0.25) is 9.59 Å². The van der Waals surface area contributed by atoms with Crippen molar-refractivity contribution in [2.75, 3.05) is 6.54 Å². The maximum absolute atomic E-state index is 12.4. The largest absolute Gasteiger partial charge is 0.275 e. The Morgan fingerprint density at radius 2 is 1.70 bits per heavy atom. The number of hydrogen-bond donors (Lipinski definition) is 1.